The Balaban J connectivity index is 1.23. The minimum Gasteiger partial charge on any atom is -0.487 e. The van der Waals surface area contributed by atoms with Gasteiger partial charge in [-0.15, -0.1) is 11.3 Å². The quantitative estimate of drug-likeness (QED) is 0.208. The Morgan fingerprint density at radius 3 is 2.70 bits per heavy atom. The van der Waals surface area contributed by atoms with Crippen LogP contribution in [0.5, 0.6) is 5.75 Å². The van der Waals surface area contributed by atoms with Crippen LogP contribution in [0, 0.1) is 0 Å². The average Bonchev–Trinajstić information content (AvgIpc) is 3.74. The highest BCUT2D eigenvalue weighted by atomic mass is 32.1. The van der Waals surface area contributed by atoms with E-state index in [-0.39, 0.29) is 5.78 Å². The molecule has 0 unspecified atom stereocenters. The highest BCUT2D eigenvalue weighted by molar-refractivity contribution is 7.17. The zero-order valence-corrected chi connectivity index (χ0v) is 22.2. The summed E-state index contributed by atoms with van der Waals surface area (Å²) in [5.74, 6) is 0.735. The Morgan fingerprint density at radius 2 is 1.85 bits per heavy atom. The van der Waals surface area contributed by atoms with Gasteiger partial charge in [0.05, 0.1) is 34.2 Å². The Bertz CT molecular complexity index is 2010. The molecule has 0 radical (unpaired) electrons. The maximum atomic E-state index is 11.8. The van der Waals surface area contributed by atoms with E-state index in [1.54, 1.807) is 31.7 Å². The third-order valence-electron chi connectivity index (χ3n) is 6.71. The largest absolute Gasteiger partial charge is 0.487 e. The van der Waals surface area contributed by atoms with Gasteiger partial charge in [-0.25, -0.2) is 4.98 Å². The lowest BCUT2D eigenvalue weighted by Crippen LogP contribution is -1.96. The van der Waals surface area contributed by atoms with Crippen LogP contribution in [0.3, 0.4) is 0 Å². The fourth-order valence-corrected chi connectivity index (χ4v) is 5.64. The van der Waals surface area contributed by atoms with Crippen molar-refractivity contribution in [2.75, 3.05) is 0 Å². The Labute approximate surface area is 232 Å². The summed E-state index contributed by atoms with van der Waals surface area (Å²) in [5, 5.41) is 9.58. The van der Waals surface area contributed by atoms with Gasteiger partial charge in [-0.3, -0.25) is 19.9 Å². The molecule has 0 aliphatic rings. The molecule has 0 bridgehead atoms. The summed E-state index contributed by atoms with van der Waals surface area (Å²) in [6, 6.07) is 21.9. The minimum absolute atomic E-state index is 0.0622. The van der Waals surface area contributed by atoms with E-state index in [1.807, 2.05) is 60.7 Å². The predicted octanol–water partition coefficient (Wildman–Crippen LogP) is 7.07. The molecule has 0 aliphatic heterocycles. The van der Waals surface area contributed by atoms with E-state index in [4.69, 9.17) is 4.74 Å². The fraction of sp³-hybridized carbons (Fsp3) is 0.0645. The van der Waals surface area contributed by atoms with Crippen molar-refractivity contribution in [3.05, 3.63) is 102 Å². The Morgan fingerprint density at radius 1 is 0.950 bits per heavy atom. The number of aromatic amines is 2. The summed E-state index contributed by atoms with van der Waals surface area (Å²) < 4.78 is 5.98. The number of pyridine rings is 3. The highest BCUT2D eigenvalue weighted by Gasteiger charge is 2.17. The number of ether oxygens (including phenoxy) is 1. The first-order chi connectivity index (χ1) is 19.6. The summed E-state index contributed by atoms with van der Waals surface area (Å²) >= 11 is 1.48. The number of hydrogen-bond acceptors (Lipinski definition) is 7. The number of rotatable bonds is 7. The number of carbonyl (C=O) groups excluding carboxylic acids is 1. The van der Waals surface area contributed by atoms with Crippen LogP contribution in [-0.4, -0.2) is 35.9 Å². The molecule has 0 aliphatic carbocycles. The monoisotopic (exact) mass is 542 g/mol. The minimum atomic E-state index is 0.0622. The number of benzene rings is 1. The van der Waals surface area contributed by atoms with Crippen LogP contribution in [0.2, 0.25) is 0 Å². The molecule has 1 aromatic carbocycles. The maximum absolute atomic E-state index is 11.8. The number of aromatic nitrogens is 6. The molecule has 0 amide bonds. The molecule has 7 aromatic rings. The van der Waals surface area contributed by atoms with Crippen LogP contribution in [0.4, 0.5) is 0 Å². The fourth-order valence-electron chi connectivity index (χ4n) is 4.70. The van der Waals surface area contributed by atoms with Crippen molar-refractivity contribution in [1.82, 2.24) is 30.1 Å². The molecule has 40 heavy (non-hydrogen) atoms. The van der Waals surface area contributed by atoms with E-state index in [0.29, 0.717) is 12.4 Å². The average molecular weight is 543 g/mol. The van der Waals surface area contributed by atoms with E-state index < -0.39 is 0 Å². The molecule has 194 valence electrons. The first-order valence-electron chi connectivity index (χ1n) is 12.7. The predicted molar refractivity (Wildman–Crippen MR) is 156 cm³/mol. The highest BCUT2D eigenvalue weighted by Crippen LogP contribution is 2.36. The van der Waals surface area contributed by atoms with Crippen molar-refractivity contribution < 1.29 is 9.53 Å². The SMILES string of the molecule is CC(=O)c1ccc(-c2ccnc3[nH]c(-c4n[nH]c5cnc(-c6cncc(OCc7ccccc7)c6)cc45)cc23)s1. The third-order valence-corrected chi connectivity index (χ3v) is 7.93. The number of carbonyl (C=O) groups is 1. The van der Waals surface area contributed by atoms with Gasteiger partial charge in [-0.05, 0) is 48.9 Å². The maximum Gasteiger partial charge on any atom is 0.169 e. The topological polar surface area (TPSA) is 109 Å². The summed E-state index contributed by atoms with van der Waals surface area (Å²) in [5.41, 5.74) is 6.89. The lowest BCUT2D eigenvalue weighted by molar-refractivity contribution is 0.102. The second-order valence-corrected chi connectivity index (χ2v) is 10.5. The zero-order chi connectivity index (χ0) is 27.1. The number of Topliss-reactive ketones (excluding diaryl/α,β-unsaturated/α-hetero) is 1. The van der Waals surface area contributed by atoms with Crippen LogP contribution in [-0.2, 0) is 6.61 Å². The van der Waals surface area contributed by atoms with Crippen LogP contribution in [0.1, 0.15) is 22.2 Å². The number of nitrogens with zero attached hydrogens (tertiary/aromatic N) is 4. The first kappa shape index (κ1) is 23.9. The second-order valence-electron chi connectivity index (χ2n) is 9.39. The second kappa shape index (κ2) is 9.87. The molecule has 0 fully saturated rings. The van der Waals surface area contributed by atoms with Crippen molar-refractivity contribution >= 4 is 39.1 Å². The standard InChI is InChI=1S/C31H22N6O2S/c1-18(38)28-7-8-29(40-28)22-9-10-33-31-23(22)12-26(35-31)30-24-13-25(34-16-27(24)36-37-30)20-11-21(15-32-14-20)39-17-19-5-3-2-4-6-19/h2-16H,17H2,1H3,(H,33,35)(H,36,37). The van der Waals surface area contributed by atoms with Gasteiger partial charge >= 0.3 is 0 Å². The van der Waals surface area contributed by atoms with E-state index in [0.717, 1.165) is 65.5 Å². The molecule has 7 rings (SSSR count). The van der Waals surface area contributed by atoms with Gasteiger partial charge < -0.3 is 9.72 Å². The van der Waals surface area contributed by atoms with Crippen LogP contribution < -0.4 is 4.74 Å². The van der Waals surface area contributed by atoms with Crippen molar-refractivity contribution in [2.24, 2.45) is 0 Å². The molecule has 0 atom stereocenters. The van der Waals surface area contributed by atoms with E-state index in [1.165, 1.54) is 11.3 Å². The molecule has 0 saturated carbocycles. The van der Waals surface area contributed by atoms with Crippen LogP contribution >= 0.6 is 11.3 Å². The van der Waals surface area contributed by atoms with Gasteiger partial charge in [0, 0.05) is 39.2 Å². The van der Waals surface area contributed by atoms with E-state index in [2.05, 4.69) is 36.2 Å². The summed E-state index contributed by atoms with van der Waals surface area (Å²) in [4.78, 5) is 30.6. The number of fused-ring (bicyclic) bond motifs is 2. The van der Waals surface area contributed by atoms with E-state index >= 15 is 0 Å². The van der Waals surface area contributed by atoms with Gasteiger partial charge in [0.25, 0.3) is 0 Å². The number of H-pyrrole nitrogens is 2. The lowest BCUT2D eigenvalue weighted by atomic mass is 10.1. The number of hydrogen-bond donors (Lipinski definition) is 2. The molecule has 0 spiro atoms. The summed E-state index contributed by atoms with van der Waals surface area (Å²) in [6.45, 7) is 2.05. The van der Waals surface area contributed by atoms with Crippen LogP contribution in [0.25, 0.3) is 55.0 Å². The van der Waals surface area contributed by atoms with Crippen molar-refractivity contribution in [2.45, 2.75) is 13.5 Å². The molecule has 6 heterocycles. The molecule has 0 saturated heterocycles. The van der Waals surface area contributed by atoms with Crippen molar-refractivity contribution in [3.63, 3.8) is 0 Å². The zero-order valence-electron chi connectivity index (χ0n) is 21.4. The molecule has 8 nitrogen and oxygen atoms in total. The van der Waals surface area contributed by atoms with Gasteiger partial charge in [0.15, 0.2) is 5.78 Å². The number of thiophene rings is 1. The Kier molecular flexibility index (Phi) is 5.90. The first-order valence-corrected chi connectivity index (χ1v) is 13.5. The van der Waals surface area contributed by atoms with Crippen molar-refractivity contribution in [3.8, 4) is 38.8 Å². The summed E-state index contributed by atoms with van der Waals surface area (Å²) in [7, 11) is 0. The lowest BCUT2D eigenvalue weighted by Gasteiger charge is -2.08. The van der Waals surface area contributed by atoms with Gasteiger partial charge in [0.2, 0.25) is 0 Å². The molecular formula is C31H22N6O2S. The van der Waals surface area contributed by atoms with Crippen molar-refractivity contribution in [1.29, 1.82) is 0 Å². The smallest absolute Gasteiger partial charge is 0.169 e. The van der Waals surface area contributed by atoms with Gasteiger partial charge in [-0.1, -0.05) is 30.3 Å². The molecule has 2 N–H and O–H groups in total. The van der Waals surface area contributed by atoms with Gasteiger partial charge in [-0.2, -0.15) is 5.10 Å². The number of ketones is 1. The number of nitrogens with one attached hydrogen (secondary N) is 2. The third kappa shape index (κ3) is 4.42. The molecule has 9 heteroatoms. The summed E-state index contributed by atoms with van der Waals surface area (Å²) in [6.07, 6.45) is 7.03. The van der Waals surface area contributed by atoms with Crippen LogP contribution in [0.15, 0.2) is 91.5 Å². The van der Waals surface area contributed by atoms with Gasteiger partial charge in [0.1, 0.15) is 23.7 Å². The van der Waals surface area contributed by atoms with E-state index in [9.17, 15) is 4.79 Å². The molecular weight excluding hydrogens is 520 g/mol. The molecule has 6 aromatic heterocycles. The Hall–Kier alpha value is -5.15. The normalized spacial score (nSPS) is 11.3.